The molecule has 1 aromatic heterocycles. The van der Waals surface area contributed by atoms with Crippen molar-refractivity contribution < 1.29 is 0 Å². The van der Waals surface area contributed by atoms with E-state index in [-0.39, 0.29) is 0 Å². The quantitative estimate of drug-likeness (QED) is 0.493. The molecule has 0 atom stereocenters. The van der Waals surface area contributed by atoms with E-state index in [0.717, 1.165) is 24.5 Å². The smallest absolute Gasteiger partial charge is 0.132 e. The number of fused-ring (bicyclic) bond motifs is 1. The molecule has 152 valence electrons. The van der Waals surface area contributed by atoms with Crippen LogP contribution in [0.1, 0.15) is 115 Å². The van der Waals surface area contributed by atoms with Crippen molar-refractivity contribution in [1.82, 2.24) is 9.97 Å². The summed E-state index contributed by atoms with van der Waals surface area (Å²) in [7, 11) is 1.93. The summed E-state index contributed by atoms with van der Waals surface area (Å²) in [5, 5.41) is 3.14. The van der Waals surface area contributed by atoms with Gasteiger partial charge in [-0.15, -0.1) is 0 Å². The first kappa shape index (κ1) is 24.9. The summed E-state index contributed by atoms with van der Waals surface area (Å²) in [5.74, 6) is 1.91. The third-order valence-electron chi connectivity index (χ3n) is 4.70. The summed E-state index contributed by atoms with van der Waals surface area (Å²) in [5.41, 5.74) is 2.59. The van der Waals surface area contributed by atoms with Gasteiger partial charge in [0, 0.05) is 18.3 Å². The lowest BCUT2D eigenvalue weighted by Gasteiger charge is -2.17. The minimum absolute atomic E-state index is 0.880. The molecule has 1 aliphatic carbocycles. The van der Waals surface area contributed by atoms with Gasteiger partial charge in [0.15, 0.2) is 0 Å². The zero-order valence-electron chi connectivity index (χ0n) is 18.6. The van der Waals surface area contributed by atoms with Crippen molar-refractivity contribution in [3.05, 3.63) is 17.1 Å². The number of nitrogens with one attached hydrogen (secondary N) is 1. The topological polar surface area (TPSA) is 37.8 Å². The van der Waals surface area contributed by atoms with Crippen LogP contribution in [0, 0.1) is 6.92 Å². The molecule has 0 radical (unpaired) electrons. The van der Waals surface area contributed by atoms with Crippen molar-refractivity contribution in [2.75, 3.05) is 12.4 Å². The highest BCUT2D eigenvalue weighted by Crippen LogP contribution is 2.24. The van der Waals surface area contributed by atoms with E-state index in [0.29, 0.717) is 0 Å². The summed E-state index contributed by atoms with van der Waals surface area (Å²) < 4.78 is 0. The Bertz CT molecular complexity index is 418. The van der Waals surface area contributed by atoms with Crippen molar-refractivity contribution in [2.45, 2.75) is 118 Å². The normalized spacial score (nSPS) is 12.2. The Kier molecular flexibility index (Phi) is 16.6. The van der Waals surface area contributed by atoms with Crippen LogP contribution in [-0.4, -0.2) is 17.0 Å². The number of rotatable bonds is 8. The molecular formula is C23H45N3. The molecule has 0 aromatic carbocycles. The molecule has 3 heteroatoms. The minimum Gasteiger partial charge on any atom is -0.373 e. The Labute approximate surface area is 163 Å². The number of hydrogen-bond donors (Lipinski definition) is 1. The van der Waals surface area contributed by atoms with E-state index < -0.39 is 0 Å². The summed E-state index contributed by atoms with van der Waals surface area (Å²) in [6, 6.07) is 0. The third kappa shape index (κ3) is 11.5. The fourth-order valence-corrected chi connectivity index (χ4v) is 3.10. The van der Waals surface area contributed by atoms with E-state index in [9.17, 15) is 0 Å². The van der Waals surface area contributed by atoms with Crippen LogP contribution in [0.15, 0.2) is 0 Å². The van der Waals surface area contributed by atoms with Crippen LogP contribution >= 0.6 is 0 Å². The van der Waals surface area contributed by atoms with Crippen molar-refractivity contribution in [2.24, 2.45) is 0 Å². The first-order chi connectivity index (χ1) is 12.6. The van der Waals surface area contributed by atoms with Gasteiger partial charge in [-0.2, -0.15) is 0 Å². The SMILES string of the molecule is CCCCCC.CCCCCCC.CNc1nc(C)nc2c1CCCC2. The van der Waals surface area contributed by atoms with E-state index in [1.165, 1.54) is 81.9 Å². The second-order valence-electron chi connectivity index (χ2n) is 7.27. The van der Waals surface area contributed by atoms with Crippen LogP contribution in [0.3, 0.4) is 0 Å². The van der Waals surface area contributed by atoms with E-state index in [4.69, 9.17) is 0 Å². The summed E-state index contributed by atoms with van der Waals surface area (Å²) in [4.78, 5) is 8.85. The maximum Gasteiger partial charge on any atom is 0.132 e. The fourth-order valence-electron chi connectivity index (χ4n) is 3.10. The van der Waals surface area contributed by atoms with E-state index in [1.807, 2.05) is 14.0 Å². The Hall–Kier alpha value is -1.12. The summed E-state index contributed by atoms with van der Waals surface area (Å²) in [6.07, 6.45) is 17.3. The van der Waals surface area contributed by atoms with Gasteiger partial charge < -0.3 is 5.32 Å². The lowest BCUT2D eigenvalue weighted by Crippen LogP contribution is -2.11. The van der Waals surface area contributed by atoms with Crippen molar-refractivity contribution in [3.8, 4) is 0 Å². The van der Waals surface area contributed by atoms with Gasteiger partial charge in [0.25, 0.3) is 0 Å². The zero-order chi connectivity index (χ0) is 19.6. The first-order valence-electron chi connectivity index (χ1n) is 11.2. The highest BCUT2D eigenvalue weighted by atomic mass is 15.0. The molecule has 1 aromatic rings. The zero-order valence-corrected chi connectivity index (χ0v) is 18.6. The van der Waals surface area contributed by atoms with Gasteiger partial charge in [0.1, 0.15) is 11.6 Å². The number of aromatic nitrogens is 2. The Morgan fingerprint density at radius 2 is 1.23 bits per heavy atom. The maximum absolute atomic E-state index is 4.47. The van der Waals surface area contributed by atoms with Crippen LogP contribution in [0.5, 0.6) is 0 Å². The largest absolute Gasteiger partial charge is 0.373 e. The van der Waals surface area contributed by atoms with E-state index in [2.05, 4.69) is 43.0 Å². The molecule has 0 unspecified atom stereocenters. The summed E-state index contributed by atoms with van der Waals surface area (Å²) in [6.45, 7) is 10.9. The van der Waals surface area contributed by atoms with Gasteiger partial charge in [-0.3, -0.25) is 0 Å². The molecule has 0 saturated heterocycles. The maximum atomic E-state index is 4.47. The molecule has 1 aliphatic rings. The fraction of sp³-hybridized carbons (Fsp3) is 0.826. The Morgan fingerprint density at radius 3 is 1.73 bits per heavy atom. The van der Waals surface area contributed by atoms with Crippen LogP contribution in [0.4, 0.5) is 5.82 Å². The predicted octanol–water partition coefficient (Wildman–Crippen LogP) is 7.27. The Balaban J connectivity index is 0.000000411. The molecule has 3 nitrogen and oxygen atoms in total. The van der Waals surface area contributed by atoms with Crippen molar-refractivity contribution in [3.63, 3.8) is 0 Å². The molecule has 0 spiro atoms. The second kappa shape index (κ2) is 17.3. The molecule has 1 N–H and O–H groups in total. The summed E-state index contributed by atoms with van der Waals surface area (Å²) >= 11 is 0. The first-order valence-corrected chi connectivity index (χ1v) is 11.2. The number of nitrogens with zero attached hydrogens (tertiary/aromatic N) is 2. The highest BCUT2D eigenvalue weighted by Gasteiger charge is 2.15. The highest BCUT2D eigenvalue weighted by molar-refractivity contribution is 5.47. The average molecular weight is 364 g/mol. The third-order valence-corrected chi connectivity index (χ3v) is 4.70. The molecule has 1 heterocycles. The van der Waals surface area contributed by atoms with Gasteiger partial charge in [-0.1, -0.05) is 85.5 Å². The molecular weight excluding hydrogens is 318 g/mol. The van der Waals surface area contributed by atoms with Crippen LogP contribution in [0.25, 0.3) is 0 Å². The van der Waals surface area contributed by atoms with Gasteiger partial charge in [0.2, 0.25) is 0 Å². The monoisotopic (exact) mass is 363 g/mol. The molecule has 2 rings (SSSR count). The molecule has 0 amide bonds. The Morgan fingerprint density at radius 1 is 0.731 bits per heavy atom. The predicted molar refractivity (Wildman–Crippen MR) is 117 cm³/mol. The van der Waals surface area contributed by atoms with Crippen molar-refractivity contribution >= 4 is 5.82 Å². The van der Waals surface area contributed by atoms with Gasteiger partial charge in [-0.05, 0) is 32.6 Å². The van der Waals surface area contributed by atoms with E-state index >= 15 is 0 Å². The number of hydrogen-bond acceptors (Lipinski definition) is 3. The van der Waals surface area contributed by atoms with Crippen molar-refractivity contribution in [1.29, 1.82) is 0 Å². The number of aryl methyl sites for hydroxylation is 2. The van der Waals surface area contributed by atoms with Gasteiger partial charge in [-0.25, -0.2) is 9.97 Å². The van der Waals surface area contributed by atoms with Crippen LogP contribution in [-0.2, 0) is 12.8 Å². The molecule has 0 aliphatic heterocycles. The van der Waals surface area contributed by atoms with Crippen LogP contribution in [0.2, 0.25) is 0 Å². The molecule has 0 bridgehead atoms. The average Bonchev–Trinajstić information content (AvgIpc) is 2.67. The van der Waals surface area contributed by atoms with E-state index in [1.54, 1.807) is 0 Å². The standard InChI is InChI=1S/C10H15N3.C7H16.C6H14/c1-7-12-9-6-4-3-5-8(9)10(11-2)13-7;1-3-5-7-6-4-2;1-3-5-6-4-2/h3-6H2,1-2H3,(H,11,12,13);3-7H2,1-2H3;3-6H2,1-2H3. The van der Waals surface area contributed by atoms with Gasteiger partial charge >= 0.3 is 0 Å². The molecule has 0 fully saturated rings. The minimum atomic E-state index is 0.880. The number of unbranched alkanes of at least 4 members (excludes halogenated alkanes) is 7. The second-order valence-corrected chi connectivity index (χ2v) is 7.27. The molecule has 26 heavy (non-hydrogen) atoms. The molecule has 0 saturated carbocycles. The van der Waals surface area contributed by atoms with Gasteiger partial charge in [0.05, 0.1) is 0 Å². The lowest BCUT2D eigenvalue weighted by atomic mass is 9.96. The number of anilines is 1. The van der Waals surface area contributed by atoms with Crippen LogP contribution < -0.4 is 5.32 Å². The lowest BCUT2D eigenvalue weighted by molar-refractivity contribution is 0.656.